The minimum absolute atomic E-state index is 0.0720. The number of benzene rings is 2. The molecule has 1 heterocycles. The third kappa shape index (κ3) is 6.39. The molecule has 1 saturated carbocycles. The zero-order valence-corrected chi connectivity index (χ0v) is 22.2. The van der Waals surface area contributed by atoms with Crippen LogP contribution in [0.5, 0.6) is 0 Å². The molecule has 0 bridgehead atoms. The molecule has 11 heteroatoms. The van der Waals surface area contributed by atoms with Gasteiger partial charge >= 0.3 is 0 Å². The number of rotatable bonds is 7. The van der Waals surface area contributed by atoms with E-state index in [1.807, 2.05) is 22.6 Å². The van der Waals surface area contributed by atoms with Gasteiger partial charge in [-0.15, -0.1) is 0 Å². The summed E-state index contributed by atoms with van der Waals surface area (Å²) in [5.74, 6) is -2.05. The molecule has 0 saturated heterocycles. The fourth-order valence-corrected chi connectivity index (χ4v) is 5.16. The van der Waals surface area contributed by atoms with E-state index in [2.05, 4.69) is 20.6 Å². The Morgan fingerprint density at radius 3 is 2.70 bits per heavy atom. The van der Waals surface area contributed by atoms with Crippen molar-refractivity contribution in [3.8, 4) is 11.3 Å². The molecule has 0 radical (unpaired) electrons. The maximum absolute atomic E-state index is 15.1. The first-order chi connectivity index (χ1) is 17.7. The molecule has 1 aliphatic carbocycles. The summed E-state index contributed by atoms with van der Waals surface area (Å²) < 4.78 is 43.8. The van der Waals surface area contributed by atoms with Crippen LogP contribution in [0.4, 0.5) is 19.0 Å². The van der Waals surface area contributed by atoms with Crippen LogP contribution in [-0.4, -0.2) is 46.8 Å². The monoisotopic (exact) mass is 625 g/mol. The molecule has 37 heavy (non-hydrogen) atoms. The van der Waals surface area contributed by atoms with Crippen molar-refractivity contribution in [2.45, 2.75) is 43.5 Å². The molecular weight excluding hydrogens is 598 g/mol. The summed E-state index contributed by atoms with van der Waals surface area (Å²) in [7, 11) is 1.70. The lowest BCUT2D eigenvalue weighted by Gasteiger charge is -2.28. The van der Waals surface area contributed by atoms with Crippen molar-refractivity contribution >= 4 is 34.3 Å². The minimum Gasteiger partial charge on any atom is -0.390 e. The number of anilines is 1. The molecule has 3 aromatic rings. The average molecular weight is 625 g/mol. The van der Waals surface area contributed by atoms with Crippen molar-refractivity contribution in [1.29, 1.82) is 0 Å². The number of halogens is 4. The van der Waals surface area contributed by atoms with Crippen LogP contribution in [0.15, 0.2) is 42.6 Å². The fraction of sp³-hybridized carbons (Fsp3) is 0.346. The van der Waals surface area contributed by atoms with Crippen molar-refractivity contribution in [1.82, 2.24) is 20.6 Å². The van der Waals surface area contributed by atoms with Crippen LogP contribution < -0.4 is 16.4 Å². The number of aliphatic hydroxyl groups excluding tert-OH is 1. The van der Waals surface area contributed by atoms with Crippen molar-refractivity contribution in [3.63, 3.8) is 0 Å². The Hall–Kier alpha value is -2.77. The van der Waals surface area contributed by atoms with E-state index in [9.17, 15) is 18.7 Å². The second-order valence-electron chi connectivity index (χ2n) is 9.10. The van der Waals surface area contributed by atoms with Crippen LogP contribution >= 0.6 is 22.6 Å². The van der Waals surface area contributed by atoms with Crippen molar-refractivity contribution < 1.29 is 23.1 Å². The first-order valence-electron chi connectivity index (χ1n) is 11.8. The number of alkyl halides is 1. The fourth-order valence-electron chi connectivity index (χ4n) is 4.50. The number of nitrogen functional groups attached to an aromatic ring is 1. The summed E-state index contributed by atoms with van der Waals surface area (Å²) in [6.07, 6.45) is 0.119. The molecule has 7 nitrogen and oxygen atoms in total. The molecule has 1 aliphatic rings. The predicted molar refractivity (Wildman–Crippen MR) is 143 cm³/mol. The van der Waals surface area contributed by atoms with E-state index in [4.69, 9.17) is 5.73 Å². The molecule has 1 fully saturated rings. The molecule has 1 unspecified atom stereocenters. The topological polar surface area (TPSA) is 113 Å². The van der Waals surface area contributed by atoms with Gasteiger partial charge in [-0.2, -0.15) is 0 Å². The Balaban J connectivity index is 1.56. The molecule has 1 amide bonds. The maximum Gasteiger partial charge on any atom is 0.254 e. The van der Waals surface area contributed by atoms with Gasteiger partial charge in [0.05, 0.1) is 29.6 Å². The molecule has 0 spiro atoms. The highest BCUT2D eigenvalue weighted by molar-refractivity contribution is 14.1. The number of amides is 1. The van der Waals surface area contributed by atoms with E-state index < -0.39 is 35.9 Å². The Morgan fingerprint density at radius 2 is 2.03 bits per heavy atom. The summed E-state index contributed by atoms with van der Waals surface area (Å²) in [6, 6.07) is 7.86. The number of aromatic nitrogens is 2. The predicted octanol–water partition coefficient (Wildman–Crippen LogP) is 4.27. The Bertz CT molecular complexity index is 1270. The number of likely N-dealkylation sites (N-methyl/N-ethyl adjacent to an activating group) is 1. The first kappa shape index (κ1) is 27.3. The number of nitrogens with one attached hydrogen (secondary N) is 2. The minimum atomic E-state index is -1.35. The van der Waals surface area contributed by atoms with Gasteiger partial charge in [-0.05, 0) is 84.8 Å². The number of carbonyl (C=O) groups is 1. The van der Waals surface area contributed by atoms with Gasteiger partial charge in [-0.25, -0.2) is 23.1 Å². The standard InChI is InChI=1S/C26H27F3IN5O2/c1-32-11-21(15-6-16(27)10-17(30)7-15)35-26(37)18-4-2-14(9-19(18)28)24-25(31)33-12-22(34-24)13-3-5-23(36)20(29)8-13/h2,4,6-7,9-10,12-13,20-21,23,32,36H,3,5,8,11H2,1H3,(H2,31,33)(H,35,37)/t13-,20-,21?,23-/m0/s1. The molecule has 196 valence electrons. The lowest BCUT2D eigenvalue weighted by atomic mass is 9.84. The summed E-state index contributed by atoms with van der Waals surface area (Å²) in [5.41, 5.74) is 7.43. The highest BCUT2D eigenvalue weighted by atomic mass is 127. The van der Waals surface area contributed by atoms with Crippen LogP contribution in [0, 0.1) is 15.2 Å². The van der Waals surface area contributed by atoms with Crippen molar-refractivity contribution in [3.05, 3.63) is 74.6 Å². The van der Waals surface area contributed by atoms with E-state index >= 15 is 4.39 Å². The van der Waals surface area contributed by atoms with Crippen LogP contribution in [0.1, 0.15) is 52.8 Å². The summed E-state index contributed by atoms with van der Waals surface area (Å²) in [6.45, 7) is 0.307. The van der Waals surface area contributed by atoms with E-state index in [1.54, 1.807) is 13.1 Å². The molecule has 2 aromatic carbocycles. The molecule has 4 rings (SSSR count). The second-order valence-corrected chi connectivity index (χ2v) is 10.3. The summed E-state index contributed by atoms with van der Waals surface area (Å²) in [4.78, 5) is 21.6. The van der Waals surface area contributed by atoms with Gasteiger partial charge in [-0.3, -0.25) is 4.79 Å². The highest BCUT2D eigenvalue weighted by Gasteiger charge is 2.31. The van der Waals surface area contributed by atoms with Gasteiger partial charge in [0.1, 0.15) is 29.3 Å². The normalized spacial score (nSPS) is 20.4. The average Bonchev–Trinajstić information content (AvgIpc) is 2.85. The highest BCUT2D eigenvalue weighted by Crippen LogP contribution is 2.35. The number of hydrogen-bond donors (Lipinski definition) is 4. The quantitative estimate of drug-likeness (QED) is 0.292. The zero-order chi connectivity index (χ0) is 26.7. The van der Waals surface area contributed by atoms with Gasteiger partial charge in [0, 0.05) is 21.6 Å². The number of hydrogen-bond acceptors (Lipinski definition) is 6. The number of nitrogens with two attached hydrogens (primary N) is 1. The van der Waals surface area contributed by atoms with Gasteiger partial charge in [0.15, 0.2) is 0 Å². The summed E-state index contributed by atoms with van der Waals surface area (Å²) >= 11 is 1.99. The van der Waals surface area contributed by atoms with Crippen molar-refractivity contribution in [2.24, 2.45) is 0 Å². The second kappa shape index (κ2) is 11.7. The third-order valence-electron chi connectivity index (χ3n) is 6.46. The van der Waals surface area contributed by atoms with Gasteiger partial charge < -0.3 is 21.5 Å². The number of carbonyl (C=O) groups excluding carboxylic acids is 1. The Morgan fingerprint density at radius 1 is 1.24 bits per heavy atom. The lowest BCUT2D eigenvalue weighted by Crippen LogP contribution is -2.35. The van der Waals surface area contributed by atoms with Crippen LogP contribution in [0.25, 0.3) is 11.3 Å². The van der Waals surface area contributed by atoms with Crippen molar-refractivity contribution in [2.75, 3.05) is 19.3 Å². The van der Waals surface area contributed by atoms with Crippen LogP contribution in [0.3, 0.4) is 0 Å². The third-order valence-corrected chi connectivity index (χ3v) is 7.09. The smallest absolute Gasteiger partial charge is 0.254 e. The number of nitrogens with zero attached hydrogens (tertiary/aromatic N) is 2. The van der Waals surface area contributed by atoms with E-state index in [1.165, 1.54) is 30.5 Å². The van der Waals surface area contributed by atoms with Gasteiger partial charge in [0.2, 0.25) is 0 Å². The van der Waals surface area contributed by atoms with E-state index in [0.717, 1.165) is 6.07 Å². The number of aliphatic hydroxyl groups is 1. The molecule has 4 atom stereocenters. The van der Waals surface area contributed by atoms with Crippen LogP contribution in [-0.2, 0) is 0 Å². The first-order valence-corrected chi connectivity index (χ1v) is 12.9. The SMILES string of the molecule is CNCC(NC(=O)c1ccc(-c2nc([C@H]3CC[C@H](O)[C@@H](F)C3)cnc2N)cc1F)c1cc(F)cc(I)c1. The molecule has 0 aliphatic heterocycles. The summed E-state index contributed by atoms with van der Waals surface area (Å²) in [5, 5.41) is 15.4. The zero-order valence-electron chi connectivity index (χ0n) is 20.0. The van der Waals surface area contributed by atoms with E-state index in [-0.39, 0.29) is 29.4 Å². The lowest BCUT2D eigenvalue weighted by molar-refractivity contribution is 0.0363. The Kier molecular flexibility index (Phi) is 8.65. The van der Waals surface area contributed by atoms with Gasteiger partial charge in [0.25, 0.3) is 5.91 Å². The molecule has 5 N–H and O–H groups in total. The van der Waals surface area contributed by atoms with Gasteiger partial charge in [-0.1, -0.05) is 6.07 Å². The maximum atomic E-state index is 15.1. The van der Waals surface area contributed by atoms with E-state index in [0.29, 0.717) is 39.8 Å². The van der Waals surface area contributed by atoms with Crippen LogP contribution in [0.2, 0.25) is 0 Å². The molecular formula is C26H27F3IN5O2. The largest absolute Gasteiger partial charge is 0.390 e. The Labute approximate surface area is 226 Å². The molecule has 1 aromatic heterocycles.